The number of hydrogen-bond donors (Lipinski definition) is 1. The van der Waals surface area contributed by atoms with Crippen molar-refractivity contribution in [2.75, 3.05) is 6.54 Å². The summed E-state index contributed by atoms with van der Waals surface area (Å²) in [5, 5.41) is 0. The Bertz CT molecular complexity index is 970. The fraction of sp³-hybridized carbons (Fsp3) is 0.316. The molecule has 1 saturated carbocycles. The Labute approximate surface area is 151 Å². The fourth-order valence-corrected chi connectivity index (χ4v) is 4.59. The van der Waals surface area contributed by atoms with Crippen molar-refractivity contribution in [1.29, 1.82) is 0 Å². The van der Waals surface area contributed by atoms with Crippen LogP contribution in [0.3, 0.4) is 0 Å². The lowest BCUT2D eigenvalue weighted by Gasteiger charge is -2.29. The quantitative estimate of drug-likeness (QED) is 0.894. The van der Waals surface area contributed by atoms with Crippen LogP contribution >= 0.6 is 0 Å². The minimum Gasteiger partial charge on any atom is -0.334 e. The van der Waals surface area contributed by atoms with Crippen LogP contribution in [0.1, 0.15) is 34.3 Å². The molecule has 1 heterocycles. The molecule has 0 bridgehead atoms. The molecule has 4 rings (SSSR count). The van der Waals surface area contributed by atoms with E-state index < -0.39 is 20.7 Å². The van der Waals surface area contributed by atoms with Gasteiger partial charge in [0.05, 0.1) is 0 Å². The smallest absolute Gasteiger partial charge is 0.254 e. The van der Waals surface area contributed by atoms with Crippen LogP contribution in [-0.4, -0.2) is 31.8 Å². The highest BCUT2D eigenvalue weighted by atomic mass is 32.2. The second kappa shape index (κ2) is 6.48. The summed E-state index contributed by atoms with van der Waals surface area (Å²) in [5.41, 5.74) is 2.48. The first-order chi connectivity index (χ1) is 12.4. The van der Waals surface area contributed by atoms with Gasteiger partial charge in [-0.15, -0.1) is 0 Å². The van der Waals surface area contributed by atoms with Crippen molar-refractivity contribution in [1.82, 2.24) is 9.62 Å². The maximum atomic E-state index is 14.1. The van der Waals surface area contributed by atoms with Gasteiger partial charge in [-0.25, -0.2) is 17.5 Å². The summed E-state index contributed by atoms with van der Waals surface area (Å²) in [7, 11) is -3.96. The van der Waals surface area contributed by atoms with Crippen LogP contribution in [0.2, 0.25) is 0 Å². The molecular weight excluding hydrogens is 355 g/mol. The van der Waals surface area contributed by atoms with Gasteiger partial charge in [0.15, 0.2) is 0 Å². The monoisotopic (exact) mass is 374 g/mol. The number of amides is 1. The van der Waals surface area contributed by atoms with E-state index in [0.29, 0.717) is 13.1 Å². The number of fused-ring (bicyclic) bond motifs is 1. The van der Waals surface area contributed by atoms with E-state index >= 15 is 0 Å². The first kappa shape index (κ1) is 17.2. The molecule has 1 aliphatic carbocycles. The number of carbonyl (C=O) groups excluding carboxylic acids is 1. The summed E-state index contributed by atoms with van der Waals surface area (Å²) in [6.07, 6.45) is 2.26. The van der Waals surface area contributed by atoms with Gasteiger partial charge in [0, 0.05) is 24.7 Å². The number of halogens is 1. The summed E-state index contributed by atoms with van der Waals surface area (Å²) >= 11 is 0. The Hall–Kier alpha value is -2.25. The zero-order valence-electron chi connectivity index (χ0n) is 14.1. The van der Waals surface area contributed by atoms with Crippen LogP contribution in [0.15, 0.2) is 47.4 Å². The van der Waals surface area contributed by atoms with E-state index in [2.05, 4.69) is 4.72 Å². The van der Waals surface area contributed by atoms with E-state index in [-0.39, 0.29) is 17.5 Å². The largest absolute Gasteiger partial charge is 0.334 e. The fourth-order valence-electron chi connectivity index (χ4n) is 3.18. The van der Waals surface area contributed by atoms with Crippen LogP contribution in [-0.2, 0) is 23.0 Å². The van der Waals surface area contributed by atoms with Crippen LogP contribution in [0.4, 0.5) is 4.39 Å². The Balaban J connectivity index is 1.60. The number of benzene rings is 2. The second-order valence-electron chi connectivity index (χ2n) is 6.79. The summed E-state index contributed by atoms with van der Waals surface area (Å²) < 4.78 is 41.2. The molecule has 1 amide bonds. The predicted molar refractivity (Wildman–Crippen MR) is 94.6 cm³/mol. The van der Waals surface area contributed by atoms with Crippen molar-refractivity contribution < 1.29 is 17.6 Å². The summed E-state index contributed by atoms with van der Waals surface area (Å²) in [6, 6.07) is 11.3. The normalized spacial score (nSPS) is 17.0. The molecule has 7 heteroatoms. The molecule has 0 radical (unpaired) electrons. The molecule has 2 aromatic rings. The van der Waals surface area contributed by atoms with E-state index in [0.717, 1.165) is 37.0 Å². The van der Waals surface area contributed by atoms with Crippen molar-refractivity contribution in [3.05, 3.63) is 65.0 Å². The van der Waals surface area contributed by atoms with Gasteiger partial charge in [0.25, 0.3) is 5.91 Å². The molecule has 0 aromatic heterocycles. The Morgan fingerprint density at radius 3 is 2.58 bits per heavy atom. The minimum atomic E-state index is -3.96. The number of nitrogens with zero attached hydrogens (tertiary/aromatic N) is 1. The number of hydrogen-bond acceptors (Lipinski definition) is 3. The van der Waals surface area contributed by atoms with Gasteiger partial charge in [-0.2, -0.15) is 0 Å². The summed E-state index contributed by atoms with van der Waals surface area (Å²) in [4.78, 5) is 14.0. The Kier molecular flexibility index (Phi) is 4.28. The Morgan fingerprint density at radius 2 is 1.85 bits per heavy atom. The lowest BCUT2D eigenvalue weighted by molar-refractivity contribution is 0.0734. The molecule has 1 aliphatic heterocycles. The molecule has 0 atom stereocenters. The summed E-state index contributed by atoms with van der Waals surface area (Å²) in [5.74, 6) is -1.14. The van der Waals surface area contributed by atoms with E-state index in [1.54, 1.807) is 4.90 Å². The average Bonchev–Trinajstić information content (AvgIpc) is 3.44. The van der Waals surface area contributed by atoms with Gasteiger partial charge in [-0.05, 0) is 48.6 Å². The van der Waals surface area contributed by atoms with Gasteiger partial charge in [-0.3, -0.25) is 4.79 Å². The molecule has 0 spiro atoms. The second-order valence-corrected chi connectivity index (χ2v) is 8.47. The maximum Gasteiger partial charge on any atom is 0.254 e. The van der Waals surface area contributed by atoms with Crippen LogP contribution < -0.4 is 4.72 Å². The number of sulfonamides is 1. The van der Waals surface area contributed by atoms with Gasteiger partial charge in [0.1, 0.15) is 10.7 Å². The third-order valence-corrected chi connectivity index (χ3v) is 6.32. The third kappa shape index (κ3) is 3.37. The molecule has 2 aromatic carbocycles. The van der Waals surface area contributed by atoms with Crippen molar-refractivity contribution >= 4 is 15.9 Å². The van der Waals surface area contributed by atoms with Crippen molar-refractivity contribution in [2.24, 2.45) is 0 Å². The zero-order valence-corrected chi connectivity index (χ0v) is 14.9. The standard InChI is InChI=1S/C19H19FN2O3S/c20-17-8-5-14(11-18(17)26(24,25)21-16-6-7-16)19(23)22-10-9-13-3-1-2-4-15(13)12-22/h1-5,8,11,16,21H,6-7,9-10,12H2. The van der Waals surface area contributed by atoms with Crippen molar-refractivity contribution in [3.8, 4) is 0 Å². The third-order valence-electron chi connectivity index (χ3n) is 4.78. The van der Waals surface area contributed by atoms with Gasteiger partial charge in [0.2, 0.25) is 10.0 Å². The molecule has 2 aliphatic rings. The topological polar surface area (TPSA) is 66.5 Å². The number of nitrogens with one attached hydrogen (secondary N) is 1. The molecular formula is C19H19FN2O3S. The SMILES string of the molecule is O=C(c1ccc(F)c(S(=O)(=O)NC2CC2)c1)N1CCc2ccccc2C1. The lowest BCUT2D eigenvalue weighted by atomic mass is 9.99. The Morgan fingerprint density at radius 1 is 1.12 bits per heavy atom. The highest BCUT2D eigenvalue weighted by Gasteiger charge is 2.31. The lowest BCUT2D eigenvalue weighted by Crippen LogP contribution is -2.36. The molecule has 26 heavy (non-hydrogen) atoms. The zero-order chi connectivity index (χ0) is 18.3. The van der Waals surface area contributed by atoms with E-state index in [1.807, 2.05) is 24.3 Å². The first-order valence-electron chi connectivity index (χ1n) is 8.62. The molecule has 1 N–H and O–H groups in total. The van der Waals surface area contributed by atoms with Gasteiger partial charge >= 0.3 is 0 Å². The highest BCUT2D eigenvalue weighted by molar-refractivity contribution is 7.89. The minimum absolute atomic E-state index is 0.127. The van der Waals surface area contributed by atoms with Crippen molar-refractivity contribution in [3.63, 3.8) is 0 Å². The molecule has 5 nitrogen and oxygen atoms in total. The van der Waals surface area contributed by atoms with Crippen LogP contribution in [0, 0.1) is 5.82 Å². The number of carbonyl (C=O) groups is 1. The number of rotatable bonds is 4. The molecule has 1 fully saturated rings. The van der Waals surface area contributed by atoms with Crippen molar-refractivity contribution in [2.45, 2.75) is 36.7 Å². The molecule has 0 unspecified atom stereocenters. The van der Waals surface area contributed by atoms with Crippen LogP contribution in [0.5, 0.6) is 0 Å². The molecule has 136 valence electrons. The summed E-state index contributed by atoms with van der Waals surface area (Å²) in [6.45, 7) is 1.02. The maximum absolute atomic E-state index is 14.1. The van der Waals surface area contributed by atoms with Gasteiger partial charge < -0.3 is 4.90 Å². The van der Waals surface area contributed by atoms with E-state index in [9.17, 15) is 17.6 Å². The van der Waals surface area contributed by atoms with Crippen LogP contribution in [0.25, 0.3) is 0 Å². The first-order valence-corrected chi connectivity index (χ1v) is 10.1. The average molecular weight is 374 g/mol. The van der Waals surface area contributed by atoms with Gasteiger partial charge in [-0.1, -0.05) is 24.3 Å². The highest BCUT2D eigenvalue weighted by Crippen LogP contribution is 2.25. The van der Waals surface area contributed by atoms with E-state index in [4.69, 9.17) is 0 Å². The predicted octanol–water partition coefficient (Wildman–Crippen LogP) is 2.46. The molecule has 0 saturated heterocycles. The van der Waals surface area contributed by atoms with E-state index in [1.165, 1.54) is 11.6 Å².